The summed E-state index contributed by atoms with van der Waals surface area (Å²) < 4.78 is 3.73. The summed E-state index contributed by atoms with van der Waals surface area (Å²) >= 11 is 1.06. The van der Waals surface area contributed by atoms with Gasteiger partial charge in [-0.3, -0.25) is 4.79 Å². The predicted octanol–water partition coefficient (Wildman–Crippen LogP) is 2.49. The largest absolute Gasteiger partial charge is 0.387 e. The van der Waals surface area contributed by atoms with Gasteiger partial charge in [0.1, 0.15) is 5.00 Å². The van der Waals surface area contributed by atoms with E-state index >= 15 is 0 Å². The van der Waals surface area contributed by atoms with Gasteiger partial charge in [0.25, 0.3) is 5.91 Å². The van der Waals surface area contributed by atoms with Crippen molar-refractivity contribution in [3.8, 4) is 0 Å². The van der Waals surface area contributed by atoms with E-state index in [1.165, 1.54) is 11.3 Å². The van der Waals surface area contributed by atoms with Crippen LogP contribution in [-0.4, -0.2) is 46.6 Å². The quantitative estimate of drug-likeness (QED) is 0.872. The number of rotatable bonds is 3. The molecule has 0 unspecified atom stereocenters. The number of amides is 1. The molecule has 3 rings (SSSR count). The highest BCUT2D eigenvalue weighted by Crippen LogP contribution is 2.20. The number of piperazine rings is 1. The van der Waals surface area contributed by atoms with Crippen molar-refractivity contribution in [2.75, 3.05) is 36.8 Å². The zero-order valence-corrected chi connectivity index (χ0v) is 15.8. The molecule has 1 aliphatic rings. The fraction of sp³-hybridized carbons (Fsp3) is 0.400. The molecule has 132 valence electrons. The van der Waals surface area contributed by atoms with Crippen molar-refractivity contribution in [1.82, 2.24) is 14.5 Å². The number of halogens is 2. The van der Waals surface area contributed by atoms with Crippen LogP contribution in [0.3, 0.4) is 0 Å². The fourth-order valence-corrected chi connectivity index (χ4v) is 3.03. The van der Waals surface area contributed by atoms with Gasteiger partial charge in [-0.2, -0.15) is 0 Å². The van der Waals surface area contributed by atoms with Crippen molar-refractivity contribution in [3.05, 3.63) is 35.5 Å². The van der Waals surface area contributed by atoms with Crippen LogP contribution >= 0.6 is 36.3 Å². The smallest absolute Gasteiger partial charge is 0.277 e. The molecule has 1 amide bonds. The first kappa shape index (κ1) is 20.5. The molecule has 0 spiro atoms. The lowest BCUT2D eigenvalue weighted by molar-refractivity contribution is 0.0742. The highest BCUT2D eigenvalue weighted by molar-refractivity contribution is 7.10. The molecule has 0 radical (unpaired) electrons. The SMILES string of the molecule is CCc1ccc(N2CCN(C(=O)c3nnsc3N)CC2)cc1.Cl.Cl. The molecule has 0 aliphatic carbocycles. The number of benzene rings is 1. The van der Waals surface area contributed by atoms with Crippen LogP contribution in [0.15, 0.2) is 24.3 Å². The summed E-state index contributed by atoms with van der Waals surface area (Å²) in [6.45, 7) is 5.12. The average molecular weight is 390 g/mol. The molecular formula is C15H21Cl2N5OS. The molecule has 0 atom stereocenters. The van der Waals surface area contributed by atoms with Crippen LogP contribution in [0, 0.1) is 0 Å². The molecule has 1 aromatic carbocycles. The van der Waals surface area contributed by atoms with E-state index in [0.29, 0.717) is 18.1 Å². The van der Waals surface area contributed by atoms with Crippen molar-refractivity contribution in [2.24, 2.45) is 0 Å². The van der Waals surface area contributed by atoms with E-state index in [1.807, 2.05) is 0 Å². The van der Waals surface area contributed by atoms with E-state index in [9.17, 15) is 4.79 Å². The van der Waals surface area contributed by atoms with Gasteiger partial charge in [-0.05, 0) is 24.1 Å². The second-order valence-corrected chi connectivity index (χ2v) is 6.07. The molecule has 0 bridgehead atoms. The van der Waals surface area contributed by atoms with Gasteiger partial charge in [-0.25, -0.2) is 0 Å². The average Bonchev–Trinajstić information content (AvgIpc) is 3.00. The molecule has 1 aromatic heterocycles. The Morgan fingerprint density at radius 1 is 1.17 bits per heavy atom. The molecule has 24 heavy (non-hydrogen) atoms. The van der Waals surface area contributed by atoms with Crippen molar-refractivity contribution in [2.45, 2.75) is 13.3 Å². The van der Waals surface area contributed by atoms with Crippen LogP contribution in [0.1, 0.15) is 23.0 Å². The monoisotopic (exact) mass is 389 g/mol. The second kappa shape index (κ2) is 9.05. The van der Waals surface area contributed by atoms with Gasteiger partial charge in [-0.15, -0.1) is 29.9 Å². The molecular weight excluding hydrogens is 369 g/mol. The Morgan fingerprint density at radius 3 is 2.29 bits per heavy atom. The Kier molecular flexibility index (Phi) is 7.72. The summed E-state index contributed by atoms with van der Waals surface area (Å²) in [6, 6.07) is 8.63. The summed E-state index contributed by atoms with van der Waals surface area (Å²) in [5, 5.41) is 4.22. The van der Waals surface area contributed by atoms with Crippen molar-refractivity contribution in [1.29, 1.82) is 0 Å². The number of aryl methyl sites for hydroxylation is 1. The number of carbonyl (C=O) groups is 1. The zero-order valence-electron chi connectivity index (χ0n) is 13.3. The summed E-state index contributed by atoms with van der Waals surface area (Å²) in [5.41, 5.74) is 8.56. The molecule has 2 heterocycles. The maximum absolute atomic E-state index is 12.3. The lowest BCUT2D eigenvalue weighted by Gasteiger charge is -2.35. The van der Waals surface area contributed by atoms with Crippen molar-refractivity contribution < 1.29 is 4.79 Å². The van der Waals surface area contributed by atoms with Crippen LogP contribution in [0.25, 0.3) is 0 Å². The van der Waals surface area contributed by atoms with Gasteiger partial charge in [0.05, 0.1) is 0 Å². The Hall–Kier alpha value is -1.57. The lowest BCUT2D eigenvalue weighted by Crippen LogP contribution is -2.49. The van der Waals surface area contributed by atoms with Crippen LogP contribution in [-0.2, 0) is 6.42 Å². The third-order valence-corrected chi connectivity index (χ3v) is 4.55. The van der Waals surface area contributed by atoms with Crippen LogP contribution in [0.4, 0.5) is 10.7 Å². The minimum Gasteiger partial charge on any atom is -0.387 e. The Balaban J connectivity index is 0.00000144. The van der Waals surface area contributed by atoms with E-state index in [0.717, 1.165) is 31.0 Å². The standard InChI is InChI=1S/C15H19N5OS.2ClH/c1-2-11-3-5-12(6-4-11)19-7-9-20(10-8-19)15(21)13-14(16)22-18-17-13;;/h3-6H,2,7-10,16H2,1H3;2*1H. The molecule has 2 aromatic rings. The van der Waals surface area contributed by atoms with E-state index in [1.54, 1.807) is 4.90 Å². The first-order valence-electron chi connectivity index (χ1n) is 7.40. The van der Waals surface area contributed by atoms with Gasteiger partial charge in [-0.1, -0.05) is 23.5 Å². The molecule has 2 N–H and O–H groups in total. The minimum absolute atomic E-state index is 0. The highest BCUT2D eigenvalue weighted by Gasteiger charge is 2.25. The topological polar surface area (TPSA) is 75.3 Å². The second-order valence-electron chi connectivity index (χ2n) is 5.29. The number of anilines is 2. The van der Waals surface area contributed by atoms with Crippen LogP contribution in [0.2, 0.25) is 0 Å². The van der Waals surface area contributed by atoms with Gasteiger partial charge >= 0.3 is 0 Å². The maximum Gasteiger partial charge on any atom is 0.277 e. The number of aromatic nitrogens is 2. The van der Waals surface area contributed by atoms with Crippen molar-refractivity contribution in [3.63, 3.8) is 0 Å². The number of hydrogen-bond donors (Lipinski definition) is 1. The lowest BCUT2D eigenvalue weighted by atomic mass is 10.1. The Bertz CT molecular complexity index is 656. The van der Waals surface area contributed by atoms with E-state index < -0.39 is 0 Å². The van der Waals surface area contributed by atoms with E-state index in [-0.39, 0.29) is 36.4 Å². The molecule has 1 aliphatic heterocycles. The van der Waals surface area contributed by atoms with E-state index in [2.05, 4.69) is 45.7 Å². The Labute approximate surface area is 158 Å². The number of carbonyl (C=O) groups excluding carboxylic acids is 1. The summed E-state index contributed by atoms with van der Waals surface area (Å²) in [4.78, 5) is 16.4. The summed E-state index contributed by atoms with van der Waals surface area (Å²) in [5.74, 6) is -0.118. The molecule has 6 nitrogen and oxygen atoms in total. The van der Waals surface area contributed by atoms with E-state index in [4.69, 9.17) is 5.73 Å². The van der Waals surface area contributed by atoms with Crippen LogP contribution in [0.5, 0.6) is 0 Å². The Morgan fingerprint density at radius 2 is 1.79 bits per heavy atom. The fourth-order valence-electron chi connectivity index (χ4n) is 2.61. The summed E-state index contributed by atoms with van der Waals surface area (Å²) in [6.07, 6.45) is 1.05. The molecule has 0 saturated carbocycles. The summed E-state index contributed by atoms with van der Waals surface area (Å²) in [7, 11) is 0. The van der Waals surface area contributed by atoms with Crippen molar-refractivity contribution >= 4 is 52.9 Å². The zero-order chi connectivity index (χ0) is 15.5. The molecule has 1 fully saturated rings. The normalized spacial score (nSPS) is 13.9. The van der Waals surface area contributed by atoms with Gasteiger partial charge < -0.3 is 15.5 Å². The molecule has 1 saturated heterocycles. The van der Waals surface area contributed by atoms with Gasteiger partial charge in [0.2, 0.25) is 0 Å². The number of nitrogen functional groups attached to an aromatic ring is 1. The maximum atomic E-state index is 12.3. The number of nitrogens with zero attached hydrogens (tertiary/aromatic N) is 4. The first-order chi connectivity index (χ1) is 10.7. The van der Waals surface area contributed by atoms with Gasteiger partial charge in [0, 0.05) is 43.4 Å². The first-order valence-corrected chi connectivity index (χ1v) is 8.17. The number of hydrogen-bond acceptors (Lipinski definition) is 6. The predicted molar refractivity (Wildman–Crippen MR) is 103 cm³/mol. The van der Waals surface area contributed by atoms with Crippen LogP contribution < -0.4 is 10.6 Å². The third-order valence-electron chi connectivity index (χ3n) is 3.99. The van der Waals surface area contributed by atoms with Gasteiger partial charge in [0.15, 0.2) is 5.69 Å². The molecule has 9 heteroatoms. The number of nitrogens with two attached hydrogens (primary N) is 1. The minimum atomic E-state index is -0.118. The third kappa shape index (κ3) is 4.28. The highest BCUT2D eigenvalue weighted by atomic mass is 35.5.